The van der Waals surface area contributed by atoms with Crippen LogP contribution in [0.1, 0.15) is 38.4 Å². The molecule has 0 aromatic carbocycles. The van der Waals surface area contributed by atoms with Gasteiger partial charge in [-0.25, -0.2) is 18.1 Å². The average Bonchev–Trinajstić information content (AvgIpc) is 2.96. The second kappa shape index (κ2) is 5.54. The zero-order valence-electron chi connectivity index (χ0n) is 11.3. The van der Waals surface area contributed by atoms with Gasteiger partial charge in [-0.3, -0.25) is 0 Å². The van der Waals surface area contributed by atoms with Gasteiger partial charge in [0.1, 0.15) is 5.82 Å². The molecule has 108 valence electrons. The van der Waals surface area contributed by atoms with Gasteiger partial charge in [0.05, 0.1) is 0 Å². The maximum atomic E-state index is 12.4. The van der Waals surface area contributed by atoms with Crippen LogP contribution in [0.15, 0.2) is 11.2 Å². The third-order valence-electron chi connectivity index (χ3n) is 3.74. The number of hydrogen-bond donors (Lipinski definition) is 1. The van der Waals surface area contributed by atoms with E-state index in [1.807, 2.05) is 18.4 Å². The molecule has 1 fully saturated rings. The molecule has 0 atom stereocenters. The van der Waals surface area contributed by atoms with E-state index in [2.05, 4.69) is 25.6 Å². The standard InChI is InChI=1S/C12H20BrN3O2S/c1-3-16-8-11(14-10(16)2)19(17,18)15-12(9-13)6-4-5-7-12/h8,15H,3-7,9H2,1-2H3. The van der Waals surface area contributed by atoms with Crippen molar-refractivity contribution in [1.29, 1.82) is 0 Å². The molecule has 0 spiro atoms. The Labute approximate surface area is 123 Å². The summed E-state index contributed by atoms with van der Waals surface area (Å²) >= 11 is 3.44. The minimum atomic E-state index is -3.54. The van der Waals surface area contributed by atoms with E-state index in [1.165, 1.54) is 0 Å². The Hall–Kier alpha value is -0.400. The number of sulfonamides is 1. The fourth-order valence-corrected chi connectivity index (χ4v) is 4.94. The first kappa shape index (κ1) is 15.0. The minimum absolute atomic E-state index is 0.124. The summed E-state index contributed by atoms with van der Waals surface area (Å²) in [5.74, 6) is 0.724. The van der Waals surface area contributed by atoms with Crippen molar-refractivity contribution in [3.63, 3.8) is 0 Å². The van der Waals surface area contributed by atoms with Gasteiger partial charge in [-0.05, 0) is 26.7 Å². The number of halogens is 1. The molecule has 0 aliphatic heterocycles. The largest absolute Gasteiger partial charge is 0.334 e. The number of alkyl halides is 1. The molecule has 1 aliphatic carbocycles. The highest BCUT2D eigenvalue weighted by Crippen LogP contribution is 2.32. The van der Waals surface area contributed by atoms with Crippen LogP contribution in [0.4, 0.5) is 0 Å². The van der Waals surface area contributed by atoms with E-state index in [1.54, 1.807) is 6.20 Å². The van der Waals surface area contributed by atoms with Crippen LogP contribution in [-0.4, -0.2) is 28.8 Å². The molecule has 2 rings (SSSR count). The molecule has 0 saturated heterocycles. The third-order valence-corrected chi connectivity index (χ3v) is 6.26. The molecule has 0 amide bonds. The topological polar surface area (TPSA) is 64.0 Å². The molecular formula is C12H20BrN3O2S. The molecule has 5 nitrogen and oxygen atoms in total. The first-order chi connectivity index (χ1) is 8.92. The number of rotatable bonds is 5. The lowest BCUT2D eigenvalue weighted by molar-refractivity contribution is 0.437. The van der Waals surface area contributed by atoms with Gasteiger partial charge < -0.3 is 4.57 Å². The molecule has 1 aromatic heterocycles. The highest BCUT2D eigenvalue weighted by Gasteiger charge is 2.37. The molecular weight excluding hydrogens is 330 g/mol. The van der Waals surface area contributed by atoms with E-state index >= 15 is 0 Å². The summed E-state index contributed by atoms with van der Waals surface area (Å²) in [6, 6.07) is 0. The first-order valence-electron chi connectivity index (χ1n) is 6.56. The van der Waals surface area contributed by atoms with Crippen LogP contribution in [0.2, 0.25) is 0 Å². The van der Waals surface area contributed by atoms with Gasteiger partial charge in [-0.15, -0.1) is 0 Å². The summed E-state index contributed by atoms with van der Waals surface area (Å²) in [6.45, 7) is 4.51. The van der Waals surface area contributed by atoms with Gasteiger partial charge in [-0.1, -0.05) is 28.8 Å². The molecule has 1 aliphatic rings. The van der Waals surface area contributed by atoms with Crippen LogP contribution in [-0.2, 0) is 16.6 Å². The number of nitrogens with zero attached hydrogens (tertiary/aromatic N) is 2. The van der Waals surface area contributed by atoms with E-state index in [0.717, 1.165) is 38.1 Å². The van der Waals surface area contributed by atoms with Crippen molar-refractivity contribution >= 4 is 26.0 Å². The van der Waals surface area contributed by atoms with E-state index in [-0.39, 0.29) is 10.6 Å². The smallest absolute Gasteiger partial charge is 0.260 e. The van der Waals surface area contributed by atoms with E-state index in [9.17, 15) is 8.42 Å². The molecule has 19 heavy (non-hydrogen) atoms. The van der Waals surface area contributed by atoms with Gasteiger partial charge in [-0.2, -0.15) is 0 Å². The van der Waals surface area contributed by atoms with Gasteiger partial charge >= 0.3 is 0 Å². The quantitative estimate of drug-likeness (QED) is 0.828. The monoisotopic (exact) mass is 349 g/mol. The molecule has 7 heteroatoms. The second-order valence-corrected chi connectivity index (χ2v) is 7.33. The zero-order valence-corrected chi connectivity index (χ0v) is 13.7. The molecule has 0 radical (unpaired) electrons. The van der Waals surface area contributed by atoms with Crippen LogP contribution in [0.25, 0.3) is 0 Å². The van der Waals surface area contributed by atoms with Crippen LogP contribution in [0.3, 0.4) is 0 Å². The second-order valence-electron chi connectivity index (χ2n) is 5.14. The summed E-state index contributed by atoms with van der Waals surface area (Å²) in [4.78, 5) is 4.16. The van der Waals surface area contributed by atoms with Gasteiger partial charge in [0.25, 0.3) is 10.0 Å². The van der Waals surface area contributed by atoms with Crippen molar-refractivity contribution in [2.45, 2.75) is 56.6 Å². The highest BCUT2D eigenvalue weighted by molar-refractivity contribution is 9.09. The summed E-state index contributed by atoms with van der Waals surface area (Å²) < 4.78 is 29.5. The number of hydrogen-bond acceptors (Lipinski definition) is 3. The predicted octanol–water partition coefficient (Wildman–Crippen LogP) is 2.20. The highest BCUT2D eigenvalue weighted by atomic mass is 79.9. The molecule has 1 N–H and O–H groups in total. The summed E-state index contributed by atoms with van der Waals surface area (Å²) in [6.07, 6.45) is 5.50. The van der Waals surface area contributed by atoms with Crippen molar-refractivity contribution < 1.29 is 8.42 Å². The van der Waals surface area contributed by atoms with Crippen molar-refractivity contribution in [2.75, 3.05) is 5.33 Å². The van der Waals surface area contributed by atoms with E-state index < -0.39 is 10.0 Å². The zero-order chi connectivity index (χ0) is 14.1. The Morgan fingerprint density at radius 2 is 2.11 bits per heavy atom. The predicted molar refractivity (Wildman–Crippen MR) is 78.0 cm³/mol. The third kappa shape index (κ3) is 3.03. The lowest BCUT2D eigenvalue weighted by Crippen LogP contribution is -2.47. The molecule has 1 aromatic rings. The van der Waals surface area contributed by atoms with Crippen molar-refractivity contribution in [1.82, 2.24) is 14.3 Å². The molecule has 1 saturated carbocycles. The summed E-state index contributed by atoms with van der Waals surface area (Å²) in [5.41, 5.74) is -0.345. The average molecular weight is 350 g/mol. The minimum Gasteiger partial charge on any atom is -0.334 e. The van der Waals surface area contributed by atoms with Crippen LogP contribution in [0, 0.1) is 6.92 Å². The maximum Gasteiger partial charge on any atom is 0.260 e. The van der Waals surface area contributed by atoms with Crippen molar-refractivity contribution in [3.05, 3.63) is 12.0 Å². The Bertz CT molecular complexity index is 547. The SMILES string of the molecule is CCn1cc(S(=O)(=O)NC2(CBr)CCCC2)nc1C. The number of aryl methyl sites for hydroxylation is 2. The fourth-order valence-electron chi connectivity index (χ4n) is 2.58. The van der Waals surface area contributed by atoms with E-state index in [4.69, 9.17) is 0 Å². The Morgan fingerprint density at radius 1 is 1.47 bits per heavy atom. The van der Waals surface area contributed by atoms with Gasteiger partial charge in [0.2, 0.25) is 0 Å². The normalized spacial score (nSPS) is 18.9. The maximum absolute atomic E-state index is 12.4. The van der Waals surface area contributed by atoms with E-state index in [0.29, 0.717) is 5.33 Å². The van der Waals surface area contributed by atoms with Gasteiger partial charge in [0, 0.05) is 23.6 Å². The Balaban J connectivity index is 2.26. The molecule has 1 heterocycles. The van der Waals surface area contributed by atoms with Crippen LogP contribution >= 0.6 is 15.9 Å². The first-order valence-corrected chi connectivity index (χ1v) is 9.17. The number of nitrogens with one attached hydrogen (secondary N) is 1. The lowest BCUT2D eigenvalue weighted by atomic mass is 10.0. The van der Waals surface area contributed by atoms with Crippen molar-refractivity contribution in [3.8, 4) is 0 Å². The summed E-state index contributed by atoms with van der Waals surface area (Å²) in [7, 11) is -3.54. The molecule has 0 bridgehead atoms. The number of imidazole rings is 1. The van der Waals surface area contributed by atoms with Crippen LogP contribution < -0.4 is 4.72 Å². The Kier molecular flexibility index (Phi) is 4.37. The Morgan fingerprint density at radius 3 is 2.58 bits per heavy atom. The van der Waals surface area contributed by atoms with Crippen LogP contribution in [0.5, 0.6) is 0 Å². The lowest BCUT2D eigenvalue weighted by Gasteiger charge is -2.27. The van der Waals surface area contributed by atoms with Crippen molar-refractivity contribution in [2.24, 2.45) is 0 Å². The number of aromatic nitrogens is 2. The van der Waals surface area contributed by atoms with Gasteiger partial charge in [0.15, 0.2) is 5.03 Å². The molecule has 0 unspecified atom stereocenters. The summed E-state index contributed by atoms with van der Waals surface area (Å²) in [5, 5.41) is 0.770. The fraction of sp³-hybridized carbons (Fsp3) is 0.750.